The molecule has 0 spiro atoms. The molecule has 0 aliphatic heterocycles. The number of anilines is 1. The molecule has 5 rings (SSSR count). The zero-order valence-electron chi connectivity index (χ0n) is 13.8. The largest absolute Gasteiger partial charge is 0.382 e. The molecule has 0 saturated carbocycles. The summed E-state index contributed by atoms with van der Waals surface area (Å²) in [6, 6.07) is 11.8. The molecular formula is C19H12F2N6. The Bertz CT molecular complexity index is 1300. The second-order valence-corrected chi connectivity index (χ2v) is 6.17. The second kappa shape index (κ2) is 5.60. The summed E-state index contributed by atoms with van der Waals surface area (Å²) in [7, 11) is 0. The van der Waals surface area contributed by atoms with Crippen LogP contribution in [-0.4, -0.2) is 25.1 Å². The molecule has 0 atom stereocenters. The Balaban J connectivity index is 1.71. The van der Waals surface area contributed by atoms with Gasteiger partial charge < -0.3 is 10.7 Å². The molecule has 132 valence electrons. The molecular weight excluding hydrogens is 350 g/mol. The third-order valence-electron chi connectivity index (χ3n) is 4.51. The summed E-state index contributed by atoms with van der Waals surface area (Å²) in [5.41, 5.74) is 10.1. The van der Waals surface area contributed by atoms with Crippen LogP contribution in [0.25, 0.3) is 44.3 Å². The summed E-state index contributed by atoms with van der Waals surface area (Å²) >= 11 is 0. The number of halogens is 2. The molecule has 0 aliphatic rings. The first kappa shape index (κ1) is 15.4. The van der Waals surface area contributed by atoms with Crippen molar-refractivity contribution in [1.82, 2.24) is 25.1 Å². The van der Waals surface area contributed by atoms with Crippen molar-refractivity contribution >= 4 is 27.8 Å². The average Bonchev–Trinajstić information content (AvgIpc) is 3.24. The fourth-order valence-electron chi connectivity index (χ4n) is 3.26. The van der Waals surface area contributed by atoms with Gasteiger partial charge in [0.25, 0.3) is 0 Å². The lowest BCUT2D eigenvalue weighted by Gasteiger charge is -2.03. The van der Waals surface area contributed by atoms with Crippen molar-refractivity contribution in [3.63, 3.8) is 0 Å². The zero-order chi connectivity index (χ0) is 18.5. The van der Waals surface area contributed by atoms with E-state index in [0.29, 0.717) is 22.7 Å². The minimum absolute atomic E-state index is 0.360. The number of nitrogens with zero attached hydrogens (tertiary/aromatic N) is 3. The molecule has 0 amide bonds. The van der Waals surface area contributed by atoms with Crippen LogP contribution in [0.4, 0.5) is 14.6 Å². The SMILES string of the molecule is Nc1n[nH]c2ccc(-c3ccnc4[nH]c(-c5cc(F)nc(F)c5)cc34)cc12. The van der Waals surface area contributed by atoms with Crippen LogP contribution in [0.1, 0.15) is 0 Å². The molecule has 4 N–H and O–H groups in total. The maximum atomic E-state index is 13.5. The van der Waals surface area contributed by atoms with Crippen LogP contribution >= 0.6 is 0 Å². The first-order chi connectivity index (χ1) is 13.1. The fraction of sp³-hybridized carbons (Fsp3) is 0. The van der Waals surface area contributed by atoms with Crippen molar-refractivity contribution < 1.29 is 8.78 Å². The summed E-state index contributed by atoms with van der Waals surface area (Å²) in [5.74, 6) is -1.33. The number of hydrogen-bond acceptors (Lipinski definition) is 4. The number of rotatable bonds is 2. The van der Waals surface area contributed by atoms with E-state index in [1.165, 1.54) is 12.1 Å². The molecule has 6 nitrogen and oxygen atoms in total. The minimum Gasteiger partial charge on any atom is -0.382 e. The average molecular weight is 362 g/mol. The highest BCUT2D eigenvalue weighted by Crippen LogP contribution is 2.33. The topological polar surface area (TPSA) is 96.3 Å². The minimum atomic E-state index is -0.877. The number of aromatic amines is 2. The summed E-state index contributed by atoms with van der Waals surface area (Å²) in [6.45, 7) is 0. The molecule has 0 bridgehead atoms. The smallest absolute Gasteiger partial charge is 0.216 e. The molecule has 1 aromatic carbocycles. The first-order valence-electron chi connectivity index (χ1n) is 8.13. The van der Waals surface area contributed by atoms with Crippen molar-refractivity contribution in [2.24, 2.45) is 0 Å². The Labute approximate surface area is 151 Å². The molecule has 0 unspecified atom stereocenters. The first-order valence-corrected chi connectivity index (χ1v) is 8.13. The van der Waals surface area contributed by atoms with Gasteiger partial charge in [-0.2, -0.15) is 18.9 Å². The highest BCUT2D eigenvalue weighted by atomic mass is 19.1. The predicted octanol–water partition coefficient (Wildman–Crippen LogP) is 4.03. The molecule has 5 aromatic rings. The highest BCUT2D eigenvalue weighted by molar-refractivity contribution is 5.99. The van der Waals surface area contributed by atoms with E-state index in [-0.39, 0.29) is 0 Å². The zero-order valence-corrected chi connectivity index (χ0v) is 13.8. The normalized spacial score (nSPS) is 11.5. The molecule has 0 fully saturated rings. The third-order valence-corrected chi connectivity index (χ3v) is 4.51. The Kier molecular flexibility index (Phi) is 3.20. The number of benzene rings is 1. The van der Waals surface area contributed by atoms with E-state index in [1.807, 2.05) is 30.3 Å². The van der Waals surface area contributed by atoms with Crippen LogP contribution in [0.3, 0.4) is 0 Å². The van der Waals surface area contributed by atoms with Gasteiger partial charge in [0.2, 0.25) is 11.9 Å². The maximum absolute atomic E-state index is 13.5. The van der Waals surface area contributed by atoms with Crippen molar-refractivity contribution in [2.75, 3.05) is 5.73 Å². The predicted molar refractivity (Wildman–Crippen MR) is 98.7 cm³/mol. The Morgan fingerprint density at radius 3 is 2.52 bits per heavy atom. The van der Waals surface area contributed by atoms with Gasteiger partial charge in [0, 0.05) is 40.4 Å². The Hall–Kier alpha value is -3.81. The van der Waals surface area contributed by atoms with E-state index in [9.17, 15) is 8.78 Å². The monoisotopic (exact) mass is 362 g/mol. The highest BCUT2D eigenvalue weighted by Gasteiger charge is 2.13. The lowest BCUT2D eigenvalue weighted by molar-refractivity contribution is 0.513. The lowest BCUT2D eigenvalue weighted by Crippen LogP contribution is -1.89. The number of aromatic nitrogens is 5. The van der Waals surface area contributed by atoms with Crippen molar-refractivity contribution in [3.8, 4) is 22.4 Å². The van der Waals surface area contributed by atoms with E-state index >= 15 is 0 Å². The van der Waals surface area contributed by atoms with Crippen molar-refractivity contribution in [2.45, 2.75) is 0 Å². The number of nitrogens with two attached hydrogens (primary N) is 1. The van der Waals surface area contributed by atoms with E-state index in [4.69, 9.17) is 5.73 Å². The van der Waals surface area contributed by atoms with Crippen molar-refractivity contribution in [1.29, 1.82) is 0 Å². The van der Waals surface area contributed by atoms with E-state index in [1.54, 1.807) is 6.20 Å². The number of hydrogen-bond donors (Lipinski definition) is 3. The van der Waals surface area contributed by atoms with Gasteiger partial charge in [0.15, 0.2) is 5.82 Å². The molecule has 0 radical (unpaired) electrons. The van der Waals surface area contributed by atoms with Crippen LogP contribution in [0.15, 0.2) is 48.7 Å². The van der Waals surface area contributed by atoms with Crippen LogP contribution in [0.2, 0.25) is 0 Å². The van der Waals surface area contributed by atoms with E-state index in [0.717, 1.165) is 27.4 Å². The van der Waals surface area contributed by atoms with Crippen molar-refractivity contribution in [3.05, 3.63) is 60.6 Å². The Morgan fingerprint density at radius 1 is 0.889 bits per heavy atom. The van der Waals surface area contributed by atoms with Crippen LogP contribution in [-0.2, 0) is 0 Å². The molecule has 27 heavy (non-hydrogen) atoms. The van der Waals surface area contributed by atoms with E-state index < -0.39 is 11.9 Å². The summed E-state index contributed by atoms with van der Waals surface area (Å²) < 4.78 is 26.9. The van der Waals surface area contributed by atoms with Crippen LogP contribution in [0.5, 0.6) is 0 Å². The van der Waals surface area contributed by atoms with Crippen LogP contribution < -0.4 is 5.73 Å². The second-order valence-electron chi connectivity index (χ2n) is 6.17. The maximum Gasteiger partial charge on any atom is 0.216 e. The van der Waals surface area contributed by atoms with Gasteiger partial charge in [-0.15, -0.1) is 0 Å². The number of fused-ring (bicyclic) bond motifs is 2. The third kappa shape index (κ3) is 2.50. The lowest BCUT2D eigenvalue weighted by atomic mass is 10.0. The Morgan fingerprint density at radius 2 is 1.70 bits per heavy atom. The van der Waals surface area contributed by atoms with Gasteiger partial charge in [0.05, 0.1) is 5.52 Å². The number of pyridine rings is 2. The summed E-state index contributed by atoms with van der Waals surface area (Å²) in [5, 5.41) is 8.53. The van der Waals surface area contributed by atoms with Gasteiger partial charge in [-0.1, -0.05) is 6.07 Å². The summed E-state index contributed by atoms with van der Waals surface area (Å²) in [4.78, 5) is 10.6. The molecule has 4 heterocycles. The summed E-state index contributed by atoms with van der Waals surface area (Å²) in [6.07, 6.45) is 1.68. The van der Waals surface area contributed by atoms with Gasteiger partial charge >= 0.3 is 0 Å². The van der Waals surface area contributed by atoms with Gasteiger partial charge in [-0.25, -0.2) is 4.98 Å². The van der Waals surface area contributed by atoms with E-state index in [2.05, 4.69) is 25.1 Å². The van der Waals surface area contributed by atoms with Gasteiger partial charge in [-0.05, 0) is 35.4 Å². The van der Waals surface area contributed by atoms with Gasteiger partial charge in [-0.3, -0.25) is 5.10 Å². The van der Waals surface area contributed by atoms with Gasteiger partial charge in [0.1, 0.15) is 5.65 Å². The fourth-order valence-corrected chi connectivity index (χ4v) is 3.26. The number of nitrogens with one attached hydrogen (secondary N) is 2. The quantitative estimate of drug-likeness (QED) is 0.413. The number of nitrogen functional groups attached to an aromatic ring is 1. The molecule has 0 aliphatic carbocycles. The molecule has 4 aromatic heterocycles. The standard InChI is InChI=1S/C19H12F2N6/c20-16-6-10(7-17(21)25-16)15-8-12-11(3-4-23-19(12)24-15)9-1-2-14-13(5-9)18(22)27-26-14/h1-8H,(H,23,24)(H3,22,26,27). The molecule has 0 saturated heterocycles. The molecule has 8 heteroatoms. The van der Waals surface area contributed by atoms with Crippen LogP contribution in [0, 0.1) is 11.9 Å². The number of H-pyrrole nitrogens is 2.